The molecule has 2 N–H and O–H groups in total. The Bertz CT molecular complexity index is 956. The van der Waals surface area contributed by atoms with Gasteiger partial charge in [0.15, 0.2) is 0 Å². The van der Waals surface area contributed by atoms with Crippen LogP contribution in [0.4, 0.5) is 5.69 Å². The van der Waals surface area contributed by atoms with Crippen molar-refractivity contribution < 1.29 is 9.59 Å². The van der Waals surface area contributed by atoms with Gasteiger partial charge < -0.3 is 10.6 Å². The highest BCUT2D eigenvalue weighted by atomic mass is 16.2. The number of nitrogens with zero attached hydrogens (tertiary/aromatic N) is 1. The van der Waals surface area contributed by atoms with E-state index in [2.05, 4.69) is 28.5 Å². The average Bonchev–Trinajstić information content (AvgIpc) is 3.35. The van der Waals surface area contributed by atoms with Gasteiger partial charge in [-0.2, -0.15) is 0 Å². The second-order valence-corrected chi connectivity index (χ2v) is 8.19. The summed E-state index contributed by atoms with van der Waals surface area (Å²) in [6.45, 7) is 3.41. The first kappa shape index (κ1) is 17.4. The molecule has 2 aromatic rings. The van der Waals surface area contributed by atoms with E-state index in [-0.39, 0.29) is 17.7 Å². The van der Waals surface area contributed by atoms with Crippen LogP contribution in [0.1, 0.15) is 36.0 Å². The molecule has 3 heterocycles. The molecule has 28 heavy (non-hydrogen) atoms. The molecule has 3 unspecified atom stereocenters. The van der Waals surface area contributed by atoms with Crippen LogP contribution >= 0.6 is 0 Å². The Balaban J connectivity index is 1.49. The van der Waals surface area contributed by atoms with Crippen LogP contribution in [0, 0.1) is 12.8 Å². The van der Waals surface area contributed by atoms with E-state index in [1.54, 1.807) is 0 Å². The highest BCUT2D eigenvalue weighted by Crippen LogP contribution is 2.55. The van der Waals surface area contributed by atoms with Crippen LogP contribution in [0.3, 0.4) is 0 Å². The van der Waals surface area contributed by atoms with Crippen LogP contribution in [0.2, 0.25) is 0 Å². The average molecular weight is 375 g/mol. The fraction of sp³-hybridized carbons (Fsp3) is 0.391. The van der Waals surface area contributed by atoms with Gasteiger partial charge in [0.1, 0.15) is 5.54 Å². The second-order valence-electron chi connectivity index (χ2n) is 8.19. The standard InChI is InChI=1S/C23H25N3O2/c1-15-7-2-3-8-16(15)14-24-21(27)19-13-17-9-6-12-26(17)23(19)18-10-4-5-11-20(18)25-22(23)28/h2-5,7-8,10-11,17,19H,6,9,12-14H2,1H3,(H,24,27)(H,25,28). The van der Waals surface area contributed by atoms with Gasteiger partial charge in [0.05, 0.1) is 5.92 Å². The van der Waals surface area contributed by atoms with Crippen molar-refractivity contribution in [2.24, 2.45) is 5.92 Å². The van der Waals surface area contributed by atoms with Crippen molar-refractivity contribution >= 4 is 17.5 Å². The largest absolute Gasteiger partial charge is 0.352 e. The number of carbonyl (C=O) groups is 2. The number of nitrogens with one attached hydrogen (secondary N) is 2. The quantitative estimate of drug-likeness (QED) is 0.867. The molecule has 3 aliphatic heterocycles. The van der Waals surface area contributed by atoms with Crippen LogP contribution in [0.15, 0.2) is 48.5 Å². The molecule has 0 aromatic heterocycles. The third kappa shape index (κ3) is 2.35. The lowest BCUT2D eigenvalue weighted by molar-refractivity contribution is -0.137. The molecule has 1 spiro atoms. The lowest BCUT2D eigenvalue weighted by Gasteiger charge is -2.36. The molecule has 3 aliphatic rings. The zero-order valence-electron chi connectivity index (χ0n) is 16.1. The first-order valence-electron chi connectivity index (χ1n) is 10.1. The molecular weight excluding hydrogens is 350 g/mol. The van der Waals surface area contributed by atoms with E-state index < -0.39 is 5.54 Å². The van der Waals surface area contributed by atoms with Crippen LogP contribution in [-0.4, -0.2) is 29.3 Å². The summed E-state index contributed by atoms with van der Waals surface area (Å²) < 4.78 is 0. The summed E-state index contributed by atoms with van der Waals surface area (Å²) in [6, 6.07) is 16.2. The smallest absolute Gasteiger partial charge is 0.250 e. The molecule has 5 heteroatoms. The minimum Gasteiger partial charge on any atom is -0.352 e. The number of hydrogen-bond donors (Lipinski definition) is 2. The van der Waals surface area contributed by atoms with Gasteiger partial charge in [-0.05, 0) is 49.9 Å². The third-order valence-electron chi connectivity index (χ3n) is 6.81. The molecule has 2 fully saturated rings. The topological polar surface area (TPSA) is 61.4 Å². The molecule has 3 atom stereocenters. The number of amides is 2. The summed E-state index contributed by atoms with van der Waals surface area (Å²) >= 11 is 0. The van der Waals surface area contributed by atoms with E-state index >= 15 is 0 Å². The Labute approximate surface area is 165 Å². The van der Waals surface area contributed by atoms with E-state index in [9.17, 15) is 9.59 Å². The van der Waals surface area contributed by atoms with Crippen LogP contribution < -0.4 is 10.6 Å². The zero-order chi connectivity index (χ0) is 19.3. The van der Waals surface area contributed by atoms with Gasteiger partial charge in [0, 0.05) is 23.8 Å². The maximum Gasteiger partial charge on any atom is 0.250 e. The molecule has 2 saturated heterocycles. The van der Waals surface area contributed by atoms with Crippen molar-refractivity contribution in [3.8, 4) is 0 Å². The maximum atomic E-state index is 13.4. The lowest BCUT2D eigenvalue weighted by atomic mass is 9.78. The monoisotopic (exact) mass is 375 g/mol. The number of rotatable bonds is 3. The van der Waals surface area contributed by atoms with Gasteiger partial charge in [-0.15, -0.1) is 0 Å². The summed E-state index contributed by atoms with van der Waals surface area (Å²) in [6.07, 6.45) is 2.87. The summed E-state index contributed by atoms with van der Waals surface area (Å²) in [4.78, 5) is 29.0. The molecule has 0 bridgehead atoms. The van der Waals surface area contributed by atoms with Crippen molar-refractivity contribution in [1.29, 1.82) is 0 Å². The van der Waals surface area contributed by atoms with E-state index in [1.165, 1.54) is 0 Å². The van der Waals surface area contributed by atoms with E-state index in [0.29, 0.717) is 12.6 Å². The van der Waals surface area contributed by atoms with Gasteiger partial charge >= 0.3 is 0 Å². The number of anilines is 1. The Morgan fingerprint density at radius 2 is 2.00 bits per heavy atom. The molecule has 144 valence electrons. The molecule has 0 aliphatic carbocycles. The Morgan fingerprint density at radius 1 is 1.21 bits per heavy atom. The third-order valence-corrected chi connectivity index (χ3v) is 6.81. The molecule has 5 rings (SSSR count). The van der Waals surface area contributed by atoms with Crippen molar-refractivity contribution in [3.05, 3.63) is 65.2 Å². The van der Waals surface area contributed by atoms with Gasteiger partial charge in [-0.1, -0.05) is 42.5 Å². The highest BCUT2D eigenvalue weighted by Gasteiger charge is 2.65. The number of aryl methyl sites for hydroxylation is 1. The molecule has 0 radical (unpaired) electrons. The maximum absolute atomic E-state index is 13.4. The van der Waals surface area contributed by atoms with Crippen molar-refractivity contribution in [2.75, 3.05) is 11.9 Å². The van der Waals surface area contributed by atoms with Crippen molar-refractivity contribution in [3.63, 3.8) is 0 Å². The predicted octanol–water partition coefficient (Wildman–Crippen LogP) is 2.94. The minimum absolute atomic E-state index is 0.0236. The Hall–Kier alpha value is -2.66. The SMILES string of the molecule is Cc1ccccc1CNC(=O)C1CC2CCCN2C12C(=O)Nc1ccccc12. The fourth-order valence-corrected chi connectivity index (χ4v) is 5.49. The highest BCUT2D eigenvalue weighted by molar-refractivity contribution is 6.09. The summed E-state index contributed by atoms with van der Waals surface area (Å²) in [7, 11) is 0. The zero-order valence-corrected chi connectivity index (χ0v) is 16.1. The van der Waals surface area contributed by atoms with E-state index in [4.69, 9.17) is 0 Å². The van der Waals surface area contributed by atoms with Gasteiger partial charge in [0.2, 0.25) is 11.8 Å². The number of fused-ring (bicyclic) bond motifs is 4. The molecular formula is C23H25N3O2. The molecule has 2 aromatic carbocycles. The number of benzene rings is 2. The first-order valence-corrected chi connectivity index (χ1v) is 10.1. The molecule has 5 nitrogen and oxygen atoms in total. The lowest BCUT2D eigenvalue weighted by Crippen LogP contribution is -2.54. The van der Waals surface area contributed by atoms with Crippen LogP contribution in [0.5, 0.6) is 0 Å². The number of carbonyl (C=O) groups excluding carboxylic acids is 2. The molecule has 2 amide bonds. The van der Waals surface area contributed by atoms with Gasteiger partial charge in [-0.3, -0.25) is 14.5 Å². The molecule has 0 saturated carbocycles. The second kappa shape index (κ2) is 6.45. The predicted molar refractivity (Wildman–Crippen MR) is 108 cm³/mol. The van der Waals surface area contributed by atoms with Gasteiger partial charge in [-0.25, -0.2) is 0 Å². The van der Waals surface area contributed by atoms with Crippen molar-refractivity contribution in [2.45, 2.75) is 44.3 Å². The number of para-hydroxylation sites is 1. The number of hydrogen-bond acceptors (Lipinski definition) is 3. The van der Waals surface area contributed by atoms with Crippen LogP contribution in [0.25, 0.3) is 0 Å². The van der Waals surface area contributed by atoms with Crippen LogP contribution in [-0.2, 0) is 21.7 Å². The minimum atomic E-state index is -0.867. The normalized spacial score (nSPS) is 28.2. The van der Waals surface area contributed by atoms with E-state index in [1.807, 2.05) is 42.5 Å². The Morgan fingerprint density at radius 3 is 2.86 bits per heavy atom. The summed E-state index contributed by atoms with van der Waals surface area (Å²) in [5, 5.41) is 6.18. The fourth-order valence-electron chi connectivity index (χ4n) is 5.49. The summed E-state index contributed by atoms with van der Waals surface area (Å²) in [5.41, 5.74) is 3.21. The van der Waals surface area contributed by atoms with Crippen molar-refractivity contribution in [1.82, 2.24) is 10.2 Å². The first-order chi connectivity index (χ1) is 13.6. The Kier molecular flexibility index (Phi) is 4.02. The van der Waals surface area contributed by atoms with Gasteiger partial charge in [0.25, 0.3) is 0 Å². The van der Waals surface area contributed by atoms with E-state index in [0.717, 1.165) is 48.2 Å². The summed E-state index contributed by atoms with van der Waals surface area (Å²) in [5.74, 6) is -0.441.